The van der Waals surface area contributed by atoms with Gasteiger partial charge in [0, 0.05) is 6.54 Å². The second-order valence-electron chi connectivity index (χ2n) is 6.46. The van der Waals surface area contributed by atoms with Crippen LogP contribution in [0.3, 0.4) is 0 Å². The van der Waals surface area contributed by atoms with Gasteiger partial charge in [-0.15, -0.1) is 0 Å². The lowest BCUT2D eigenvalue weighted by molar-refractivity contribution is -0.121. The maximum absolute atomic E-state index is 13.5. The standard InChI is InChI=1S/C20H25FN2O3/c21-16-7-2-3-8-18(16)26-14-10-20(24)22-15-17(19-9-6-13-25-19)23-11-4-1-5-12-23/h2-3,6-9,13,17H,1,4-5,10-12,14-15H2,(H,22,24). The van der Waals surface area contributed by atoms with Crippen molar-refractivity contribution in [3.63, 3.8) is 0 Å². The maximum atomic E-state index is 13.5. The molecule has 1 unspecified atom stereocenters. The number of carbonyl (C=O) groups excluding carboxylic acids is 1. The minimum Gasteiger partial charge on any atom is -0.490 e. The van der Waals surface area contributed by atoms with E-state index < -0.39 is 5.82 Å². The van der Waals surface area contributed by atoms with Gasteiger partial charge in [0.2, 0.25) is 5.91 Å². The van der Waals surface area contributed by atoms with Crippen molar-refractivity contribution in [2.24, 2.45) is 0 Å². The van der Waals surface area contributed by atoms with Crippen LogP contribution in [0.5, 0.6) is 5.75 Å². The third-order valence-corrected chi connectivity index (χ3v) is 4.62. The number of piperidine rings is 1. The lowest BCUT2D eigenvalue weighted by atomic mass is 10.1. The number of ether oxygens (including phenoxy) is 1. The summed E-state index contributed by atoms with van der Waals surface area (Å²) in [6.07, 6.45) is 5.43. The van der Waals surface area contributed by atoms with Crippen molar-refractivity contribution in [2.45, 2.75) is 31.7 Å². The number of nitrogens with one attached hydrogen (secondary N) is 1. The van der Waals surface area contributed by atoms with E-state index in [-0.39, 0.29) is 30.7 Å². The molecule has 1 aromatic heterocycles. The van der Waals surface area contributed by atoms with Gasteiger partial charge in [0.25, 0.3) is 0 Å². The summed E-state index contributed by atoms with van der Waals surface area (Å²) in [4.78, 5) is 14.5. The van der Waals surface area contributed by atoms with E-state index >= 15 is 0 Å². The number of furan rings is 1. The predicted octanol–water partition coefficient (Wildman–Crippen LogP) is 3.53. The van der Waals surface area contributed by atoms with Crippen LogP contribution in [-0.2, 0) is 4.79 Å². The first-order valence-corrected chi connectivity index (χ1v) is 9.15. The Bertz CT molecular complexity index is 684. The number of carbonyl (C=O) groups is 1. The Morgan fingerprint density at radius 3 is 2.73 bits per heavy atom. The SMILES string of the molecule is O=C(CCOc1ccccc1F)NCC(c1ccco1)N1CCCCC1. The van der Waals surface area contributed by atoms with Crippen LogP contribution in [0.4, 0.5) is 4.39 Å². The van der Waals surface area contributed by atoms with E-state index in [2.05, 4.69) is 10.2 Å². The highest BCUT2D eigenvalue weighted by molar-refractivity contribution is 5.76. The monoisotopic (exact) mass is 360 g/mol. The first-order chi connectivity index (χ1) is 12.7. The van der Waals surface area contributed by atoms with Gasteiger partial charge in [0.1, 0.15) is 5.76 Å². The molecule has 1 atom stereocenters. The zero-order chi connectivity index (χ0) is 18.2. The first kappa shape index (κ1) is 18.5. The second-order valence-corrected chi connectivity index (χ2v) is 6.46. The summed E-state index contributed by atoms with van der Waals surface area (Å²) in [7, 11) is 0. The molecule has 1 fully saturated rings. The Morgan fingerprint density at radius 1 is 1.19 bits per heavy atom. The molecule has 3 rings (SSSR count). The lowest BCUT2D eigenvalue weighted by Gasteiger charge is -2.33. The predicted molar refractivity (Wildman–Crippen MR) is 96.4 cm³/mol. The van der Waals surface area contributed by atoms with E-state index in [1.807, 2.05) is 12.1 Å². The van der Waals surface area contributed by atoms with Crippen LogP contribution in [0, 0.1) is 5.82 Å². The summed E-state index contributed by atoms with van der Waals surface area (Å²) in [6.45, 7) is 2.66. The van der Waals surface area contributed by atoms with E-state index in [0.717, 1.165) is 18.8 Å². The van der Waals surface area contributed by atoms with Crippen molar-refractivity contribution in [1.82, 2.24) is 10.2 Å². The van der Waals surface area contributed by atoms with Gasteiger partial charge >= 0.3 is 0 Å². The van der Waals surface area contributed by atoms with Gasteiger partial charge in [-0.05, 0) is 50.2 Å². The second kappa shape index (κ2) is 9.38. The third-order valence-electron chi connectivity index (χ3n) is 4.62. The van der Waals surface area contributed by atoms with Crippen LogP contribution in [0.2, 0.25) is 0 Å². The Kier molecular flexibility index (Phi) is 6.66. The highest BCUT2D eigenvalue weighted by Gasteiger charge is 2.24. The minimum absolute atomic E-state index is 0.0433. The van der Waals surface area contributed by atoms with Crippen LogP contribution >= 0.6 is 0 Å². The van der Waals surface area contributed by atoms with Crippen LogP contribution in [-0.4, -0.2) is 37.0 Å². The normalized spacial score (nSPS) is 16.2. The molecule has 1 aliphatic heterocycles. The number of hydrogen-bond acceptors (Lipinski definition) is 4. The zero-order valence-corrected chi connectivity index (χ0v) is 14.8. The van der Waals surface area contributed by atoms with Gasteiger partial charge in [-0.25, -0.2) is 4.39 Å². The molecule has 0 bridgehead atoms. The van der Waals surface area contributed by atoms with Crippen LogP contribution in [0.15, 0.2) is 47.1 Å². The van der Waals surface area contributed by atoms with Crippen molar-refractivity contribution in [3.8, 4) is 5.75 Å². The zero-order valence-electron chi connectivity index (χ0n) is 14.8. The van der Waals surface area contributed by atoms with Crippen molar-refractivity contribution >= 4 is 5.91 Å². The molecule has 6 heteroatoms. The van der Waals surface area contributed by atoms with Crippen LogP contribution in [0.1, 0.15) is 37.5 Å². The molecule has 1 amide bonds. The fourth-order valence-corrected chi connectivity index (χ4v) is 3.23. The smallest absolute Gasteiger partial charge is 0.223 e. The molecule has 26 heavy (non-hydrogen) atoms. The summed E-state index contributed by atoms with van der Waals surface area (Å²) < 4.78 is 24.4. The molecule has 2 aromatic rings. The van der Waals surface area contributed by atoms with Gasteiger partial charge < -0.3 is 14.5 Å². The van der Waals surface area contributed by atoms with E-state index in [4.69, 9.17) is 9.15 Å². The Hall–Kier alpha value is -2.34. The van der Waals surface area contributed by atoms with Crippen LogP contribution < -0.4 is 10.1 Å². The summed E-state index contributed by atoms with van der Waals surface area (Å²) >= 11 is 0. The number of benzene rings is 1. The Balaban J connectivity index is 1.47. The molecule has 0 spiro atoms. The number of hydrogen-bond donors (Lipinski definition) is 1. The van der Waals surface area contributed by atoms with Gasteiger partial charge in [-0.1, -0.05) is 18.6 Å². The topological polar surface area (TPSA) is 54.7 Å². The van der Waals surface area contributed by atoms with E-state index in [9.17, 15) is 9.18 Å². The number of para-hydroxylation sites is 1. The summed E-state index contributed by atoms with van der Waals surface area (Å²) in [5.74, 6) is 0.502. The van der Waals surface area contributed by atoms with Gasteiger partial charge in [-0.3, -0.25) is 9.69 Å². The highest BCUT2D eigenvalue weighted by atomic mass is 19.1. The van der Waals surface area contributed by atoms with E-state index in [0.29, 0.717) is 6.54 Å². The highest BCUT2D eigenvalue weighted by Crippen LogP contribution is 2.24. The number of amides is 1. The van der Waals surface area contributed by atoms with E-state index in [1.165, 1.54) is 25.3 Å². The fraction of sp³-hybridized carbons (Fsp3) is 0.450. The molecule has 1 aromatic carbocycles. The molecule has 2 heterocycles. The molecule has 1 saturated heterocycles. The van der Waals surface area contributed by atoms with Crippen molar-refractivity contribution in [2.75, 3.05) is 26.2 Å². The van der Waals surface area contributed by atoms with Gasteiger partial charge in [0.15, 0.2) is 11.6 Å². The van der Waals surface area contributed by atoms with Gasteiger partial charge in [-0.2, -0.15) is 0 Å². The van der Waals surface area contributed by atoms with Crippen LogP contribution in [0.25, 0.3) is 0 Å². The van der Waals surface area contributed by atoms with Crippen molar-refractivity contribution in [3.05, 3.63) is 54.2 Å². The van der Waals surface area contributed by atoms with Gasteiger partial charge in [0.05, 0.1) is 25.3 Å². The molecule has 5 nitrogen and oxygen atoms in total. The molecule has 0 radical (unpaired) electrons. The first-order valence-electron chi connectivity index (χ1n) is 9.15. The summed E-state index contributed by atoms with van der Waals surface area (Å²) in [5.41, 5.74) is 0. The number of halogens is 1. The molecule has 1 aliphatic rings. The quantitative estimate of drug-likeness (QED) is 0.782. The van der Waals surface area contributed by atoms with Crippen molar-refractivity contribution in [1.29, 1.82) is 0 Å². The summed E-state index contributed by atoms with van der Waals surface area (Å²) in [6, 6.07) is 10.1. The average molecular weight is 360 g/mol. The van der Waals surface area contributed by atoms with Crippen molar-refractivity contribution < 1.29 is 18.3 Å². The molecule has 1 N–H and O–H groups in total. The lowest BCUT2D eigenvalue weighted by Crippen LogP contribution is -2.40. The molecule has 0 aliphatic carbocycles. The average Bonchev–Trinajstić information content (AvgIpc) is 3.19. The third kappa shape index (κ3) is 5.08. The summed E-state index contributed by atoms with van der Waals surface area (Å²) in [5, 5.41) is 2.95. The number of nitrogens with zero attached hydrogens (tertiary/aromatic N) is 1. The molecule has 0 saturated carbocycles. The minimum atomic E-state index is -0.420. The molecule has 140 valence electrons. The number of rotatable bonds is 8. The Morgan fingerprint density at radius 2 is 2.00 bits per heavy atom. The molecular weight excluding hydrogens is 335 g/mol. The largest absolute Gasteiger partial charge is 0.490 e. The fourth-order valence-electron chi connectivity index (χ4n) is 3.23. The Labute approximate surface area is 153 Å². The molecular formula is C20H25FN2O3. The van der Waals surface area contributed by atoms with E-state index in [1.54, 1.807) is 24.5 Å². The maximum Gasteiger partial charge on any atom is 0.223 e. The number of likely N-dealkylation sites (tertiary alicyclic amines) is 1.